The molecule has 15 heavy (non-hydrogen) atoms. The zero-order chi connectivity index (χ0) is 11.4. The first-order valence-electron chi connectivity index (χ1n) is 3.93. The van der Waals surface area contributed by atoms with E-state index >= 15 is 0 Å². The third kappa shape index (κ3) is 2.59. The van der Waals surface area contributed by atoms with Gasteiger partial charge < -0.3 is 10.2 Å². The van der Waals surface area contributed by atoms with Crippen molar-refractivity contribution in [1.29, 1.82) is 0 Å². The average molecular weight is 276 g/mol. The molecule has 0 fully saturated rings. The van der Waals surface area contributed by atoms with Crippen LogP contribution in [-0.4, -0.2) is 16.8 Å². The van der Waals surface area contributed by atoms with E-state index < -0.39 is 24.2 Å². The van der Waals surface area contributed by atoms with Gasteiger partial charge in [0, 0.05) is 14.9 Å². The van der Waals surface area contributed by atoms with Crippen LogP contribution in [0, 0.1) is 5.82 Å². The van der Waals surface area contributed by atoms with Crippen LogP contribution in [0.15, 0.2) is 21.7 Å². The van der Waals surface area contributed by atoms with Crippen LogP contribution < -0.4 is 0 Å². The van der Waals surface area contributed by atoms with Crippen LogP contribution in [0.1, 0.15) is 11.6 Å². The number of aromatic hydroxyl groups is 1. The van der Waals surface area contributed by atoms with Crippen molar-refractivity contribution in [2.24, 2.45) is 5.11 Å². The summed E-state index contributed by atoms with van der Waals surface area (Å²) in [7, 11) is 0. The number of nitrogens with zero attached hydrogens (tertiary/aromatic N) is 3. The molecule has 0 aromatic heterocycles. The molecule has 0 saturated heterocycles. The van der Waals surface area contributed by atoms with Crippen molar-refractivity contribution in [3.05, 3.63) is 38.4 Å². The van der Waals surface area contributed by atoms with Gasteiger partial charge in [0.05, 0.1) is 12.6 Å². The molecule has 1 unspecified atom stereocenters. The Morgan fingerprint density at radius 1 is 1.60 bits per heavy atom. The van der Waals surface area contributed by atoms with Gasteiger partial charge in [0.2, 0.25) is 0 Å². The molecule has 5 nitrogen and oxygen atoms in total. The predicted molar refractivity (Wildman–Crippen MR) is 54.7 cm³/mol. The van der Waals surface area contributed by atoms with Crippen LogP contribution in [0.5, 0.6) is 5.75 Å². The van der Waals surface area contributed by atoms with Crippen molar-refractivity contribution in [2.75, 3.05) is 6.61 Å². The smallest absolute Gasteiger partial charge is 0.166 e. The quantitative estimate of drug-likeness (QED) is 0.504. The van der Waals surface area contributed by atoms with Gasteiger partial charge in [0.1, 0.15) is 0 Å². The summed E-state index contributed by atoms with van der Waals surface area (Å²) in [6.07, 6.45) is 0. The number of halogens is 2. The summed E-state index contributed by atoms with van der Waals surface area (Å²) in [5.41, 5.74) is 8.26. The number of phenols is 1. The van der Waals surface area contributed by atoms with Crippen molar-refractivity contribution in [3.8, 4) is 5.75 Å². The Kier molecular flexibility index (Phi) is 3.90. The second kappa shape index (κ2) is 4.97. The van der Waals surface area contributed by atoms with E-state index in [1.54, 1.807) is 0 Å². The average Bonchev–Trinajstić information content (AvgIpc) is 2.20. The molecule has 0 amide bonds. The molecule has 0 saturated carbocycles. The van der Waals surface area contributed by atoms with Crippen LogP contribution in [0.25, 0.3) is 10.4 Å². The molecule has 80 valence electrons. The fraction of sp³-hybridized carbons (Fsp3) is 0.250. The second-order valence-electron chi connectivity index (χ2n) is 2.73. The number of hydrogen-bond donors (Lipinski definition) is 2. The van der Waals surface area contributed by atoms with E-state index in [4.69, 9.17) is 10.6 Å². The lowest BCUT2D eigenvalue weighted by Gasteiger charge is -2.11. The highest BCUT2D eigenvalue weighted by atomic mass is 79.9. The first kappa shape index (κ1) is 11.8. The third-order valence-electron chi connectivity index (χ3n) is 1.78. The minimum Gasteiger partial charge on any atom is -0.505 e. The van der Waals surface area contributed by atoms with Crippen LogP contribution in [0.3, 0.4) is 0 Å². The van der Waals surface area contributed by atoms with Crippen molar-refractivity contribution < 1.29 is 14.6 Å². The van der Waals surface area contributed by atoms with E-state index in [0.29, 0.717) is 4.47 Å². The zero-order valence-corrected chi connectivity index (χ0v) is 9.02. The van der Waals surface area contributed by atoms with E-state index in [0.717, 1.165) is 6.07 Å². The van der Waals surface area contributed by atoms with E-state index in [1.165, 1.54) is 6.07 Å². The van der Waals surface area contributed by atoms with Crippen molar-refractivity contribution in [2.45, 2.75) is 6.04 Å². The summed E-state index contributed by atoms with van der Waals surface area (Å²) in [6, 6.07) is 1.46. The maximum atomic E-state index is 13.1. The minimum absolute atomic E-state index is 0.0437. The number of hydrogen-bond acceptors (Lipinski definition) is 3. The van der Waals surface area contributed by atoms with Crippen LogP contribution in [0.2, 0.25) is 0 Å². The van der Waals surface area contributed by atoms with Crippen LogP contribution in [-0.2, 0) is 0 Å². The Morgan fingerprint density at radius 2 is 2.27 bits per heavy atom. The number of benzene rings is 1. The third-order valence-corrected chi connectivity index (χ3v) is 2.24. The standard InChI is InChI=1S/C8H7BrFN3O2/c9-4-1-5(7(3-14)12-13-11)8(15)6(10)2-4/h1-2,7,14-15H,3H2. The molecule has 0 aliphatic heterocycles. The molecule has 0 aliphatic rings. The van der Waals surface area contributed by atoms with Crippen molar-refractivity contribution in [1.82, 2.24) is 0 Å². The summed E-state index contributed by atoms with van der Waals surface area (Å²) in [5, 5.41) is 21.5. The Hall–Kier alpha value is -1.30. The highest BCUT2D eigenvalue weighted by Gasteiger charge is 2.16. The topological polar surface area (TPSA) is 89.2 Å². The largest absolute Gasteiger partial charge is 0.505 e. The normalized spacial score (nSPS) is 11.9. The fourth-order valence-electron chi connectivity index (χ4n) is 1.10. The molecule has 1 atom stereocenters. The Bertz CT molecular complexity index is 421. The molecule has 2 N–H and O–H groups in total. The Morgan fingerprint density at radius 3 is 2.80 bits per heavy atom. The lowest BCUT2D eigenvalue weighted by Crippen LogP contribution is -2.01. The van der Waals surface area contributed by atoms with E-state index in [2.05, 4.69) is 26.0 Å². The highest BCUT2D eigenvalue weighted by molar-refractivity contribution is 9.10. The van der Waals surface area contributed by atoms with Gasteiger partial charge in [-0.3, -0.25) is 0 Å². The summed E-state index contributed by atoms with van der Waals surface area (Å²) >= 11 is 3.03. The molecule has 0 spiro atoms. The maximum absolute atomic E-state index is 13.1. The number of aliphatic hydroxyl groups is 1. The van der Waals surface area contributed by atoms with Crippen molar-refractivity contribution in [3.63, 3.8) is 0 Å². The Labute approximate surface area is 92.9 Å². The van der Waals surface area contributed by atoms with Crippen LogP contribution in [0.4, 0.5) is 4.39 Å². The van der Waals surface area contributed by atoms with Gasteiger partial charge in [0.25, 0.3) is 0 Å². The monoisotopic (exact) mass is 275 g/mol. The number of phenolic OH excluding ortho intramolecular Hbond substituents is 1. The van der Waals surface area contributed by atoms with Crippen LogP contribution >= 0.6 is 15.9 Å². The first-order valence-corrected chi connectivity index (χ1v) is 4.72. The molecule has 0 radical (unpaired) electrons. The van der Waals surface area contributed by atoms with Gasteiger partial charge in [-0.15, -0.1) is 0 Å². The molecular formula is C8H7BrFN3O2. The maximum Gasteiger partial charge on any atom is 0.166 e. The Balaban J connectivity index is 3.28. The molecule has 1 aromatic carbocycles. The molecular weight excluding hydrogens is 269 g/mol. The summed E-state index contributed by atoms with van der Waals surface area (Å²) in [6.45, 7) is -0.506. The van der Waals surface area contributed by atoms with Crippen molar-refractivity contribution >= 4 is 15.9 Å². The minimum atomic E-state index is -0.998. The summed E-state index contributed by atoms with van der Waals surface area (Å²) < 4.78 is 13.5. The molecule has 1 rings (SSSR count). The number of rotatable bonds is 3. The number of azide groups is 1. The molecule has 0 heterocycles. The van der Waals surface area contributed by atoms with E-state index in [1.807, 2.05) is 0 Å². The van der Waals surface area contributed by atoms with Gasteiger partial charge in [-0.1, -0.05) is 21.0 Å². The SMILES string of the molecule is [N-]=[N+]=NC(CO)c1cc(Br)cc(F)c1O. The molecule has 0 aliphatic carbocycles. The zero-order valence-electron chi connectivity index (χ0n) is 7.43. The predicted octanol–water partition coefficient (Wildman–Crippen LogP) is 2.64. The summed E-state index contributed by atoms with van der Waals surface area (Å²) in [5.74, 6) is -1.46. The lowest BCUT2D eigenvalue weighted by atomic mass is 10.1. The number of aliphatic hydroxyl groups excluding tert-OH is 1. The van der Waals surface area contributed by atoms with Gasteiger partial charge in [-0.05, 0) is 17.7 Å². The summed E-state index contributed by atoms with van der Waals surface area (Å²) in [4.78, 5) is 2.50. The second-order valence-corrected chi connectivity index (χ2v) is 3.64. The van der Waals surface area contributed by atoms with Gasteiger partial charge in [-0.2, -0.15) is 0 Å². The molecule has 1 aromatic rings. The molecule has 0 bridgehead atoms. The van der Waals surface area contributed by atoms with Gasteiger partial charge in [0.15, 0.2) is 11.6 Å². The van der Waals surface area contributed by atoms with E-state index in [-0.39, 0.29) is 5.56 Å². The van der Waals surface area contributed by atoms with Gasteiger partial charge in [-0.25, -0.2) is 4.39 Å². The molecule has 7 heteroatoms. The first-order chi connectivity index (χ1) is 7.10. The lowest BCUT2D eigenvalue weighted by molar-refractivity contribution is 0.264. The highest BCUT2D eigenvalue weighted by Crippen LogP contribution is 2.32. The van der Waals surface area contributed by atoms with E-state index in [9.17, 15) is 9.50 Å². The fourth-order valence-corrected chi connectivity index (χ4v) is 1.55. The van der Waals surface area contributed by atoms with Gasteiger partial charge >= 0.3 is 0 Å².